The van der Waals surface area contributed by atoms with E-state index in [1.807, 2.05) is 26.0 Å². The molecule has 0 bridgehead atoms. The maximum atomic E-state index is 14.8. The van der Waals surface area contributed by atoms with E-state index in [1.165, 1.54) is 12.1 Å². The number of esters is 1. The fraction of sp³-hybridized carbons (Fsp3) is 0.367. The summed E-state index contributed by atoms with van der Waals surface area (Å²) < 4.78 is 64.1. The number of hydrogen-bond acceptors (Lipinski definition) is 2. The summed E-state index contributed by atoms with van der Waals surface area (Å²) in [5, 5.41) is 0. The van der Waals surface area contributed by atoms with Crippen molar-refractivity contribution < 1.29 is 27.1 Å². The molecule has 0 unspecified atom stereocenters. The molecule has 0 amide bonds. The minimum Gasteiger partial charge on any atom is -0.459 e. The predicted molar refractivity (Wildman–Crippen MR) is 132 cm³/mol. The Balaban J connectivity index is 1.41. The summed E-state index contributed by atoms with van der Waals surface area (Å²) in [5.41, 5.74) is 1.94. The van der Waals surface area contributed by atoms with Crippen molar-refractivity contribution in [3.63, 3.8) is 0 Å². The zero-order chi connectivity index (χ0) is 25.8. The van der Waals surface area contributed by atoms with Crippen LogP contribution in [0.3, 0.4) is 0 Å². The van der Waals surface area contributed by atoms with Gasteiger partial charge in [0.2, 0.25) is 0 Å². The van der Waals surface area contributed by atoms with E-state index in [9.17, 15) is 22.4 Å². The van der Waals surface area contributed by atoms with Gasteiger partial charge in [-0.25, -0.2) is 22.4 Å². The Labute approximate surface area is 209 Å². The third kappa shape index (κ3) is 5.32. The van der Waals surface area contributed by atoms with Crippen LogP contribution in [0, 0.1) is 23.3 Å². The molecule has 3 aromatic carbocycles. The van der Waals surface area contributed by atoms with Crippen molar-refractivity contribution in [2.75, 3.05) is 0 Å². The van der Waals surface area contributed by atoms with Crippen LogP contribution in [0.25, 0.3) is 11.1 Å². The van der Waals surface area contributed by atoms with Gasteiger partial charge in [-0.3, -0.25) is 0 Å². The normalized spacial score (nSPS) is 17.7. The third-order valence-corrected chi connectivity index (χ3v) is 7.07. The summed E-state index contributed by atoms with van der Waals surface area (Å²) in [5.74, 6) is -5.04. The summed E-state index contributed by atoms with van der Waals surface area (Å²) in [6.45, 7) is 3.92. The van der Waals surface area contributed by atoms with Crippen LogP contribution in [0.5, 0.6) is 0 Å². The molecule has 0 aliphatic heterocycles. The second kappa shape index (κ2) is 11.3. The molecule has 4 rings (SSSR count). The first kappa shape index (κ1) is 25.9. The molecular weight excluding hydrogens is 468 g/mol. The van der Waals surface area contributed by atoms with Crippen LogP contribution >= 0.6 is 0 Å². The van der Waals surface area contributed by atoms with Gasteiger partial charge in [-0.05, 0) is 72.8 Å². The molecule has 0 radical (unpaired) electrons. The SMILES string of the molecule is CCCc1ccc(C2CCC(OC(=O)c3ccc(-c4ccc(CC)cc4)c(F)c3F)CC2)c(F)c1F. The van der Waals surface area contributed by atoms with E-state index < -0.39 is 40.9 Å². The summed E-state index contributed by atoms with van der Waals surface area (Å²) >= 11 is 0. The summed E-state index contributed by atoms with van der Waals surface area (Å²) in [4.78, 5) is 12.6. The van der Waals surface area contributed by atoms with Crippen molar-refractivity contribution in [2.24, 2.45) is 0 Å². The number of halogens is 4. The zero-order valence-corrected chi connectivity index (χ0v) is 20.6. The van der Waals surface area contributed by atoms with Crippen molar-refractivity contribution in [3.8, 4) is 11.1 Å². The van der Waals surface area contributed by atoms with Crippen LogP contribution in [-0.4, -0.2) is 12.1 Å². The lowest BCUT2D eigenvalue weighted by Gasteiger charge is -2.29. The summed E-state index contributed by atoms with van der Waals surface area (Å²) in [7, 11) is 0. The molecule has 0 spiro atoms. The lowest BCUT2D eigenvalue weighted by atomic mass is 9.82. The molecule has 0 atom stereocenters. The molecule has 1 fully saturated rings. The Kier molecular flexibility index (Phi) is 8.12. The number of carbonyl (C=O) groups excluding carboxylic acids is 1. The summed E-state index contributed by atoms with van der Waals surface area (Å²) in [6, 6.07) is 13.1. The standard InChI is InChI=1S/C30H30F4O2/c1-3-5-21-12-15-23(27(32)26(21)31)20-10-13-22(14-11-20)36-30(35)25-17-16-24(28(33)29(25)34)19-8-6-18(4-2)7-9-19/h6-9,12,15-17,20,22H,3-5,10-11,13-14H2,1-2H3. The highest BCUT2D eigenvalue weighted by Crippen LogP contribution is 2.37. The van der Waals surface area contributed by atoms with Gasteiger partial charge in [0.15, 0.2) is 23.3 Å². The van der Waals surface area contributed by atoms with Crippen molar-refractivity contribution in [3.05, 3.63) is 94.1 Å². The van der Waals surface area contributed by atoms with Gasteiger partial charge < -0.3 is 4.74 Å². The largest absolute Gasteiger partial charge is 0.459 e. The van der Waals surface area contributed by atoms with E-state index in [0.29, 0.717) is 48.8 Å². The molecule has 0 aromatic heterocycles. The van der Waals surface area contributed by atoms with E-state index in [0.717, 1.165) is 18.4 Å². The number of ether oxygens (including phenoxy) is 1. The number of hydrogen-bond donors (Lipinski definition) is 0. The van der Waals surface area contributed by atoms with Crippen molar-refractivity contribution in [1.29, 1.82) is 0 Å². The third-order valence-electron chi connectivity index (χ3n) is 7.07. The maximum absolute atomic E-state index is 14.8. The molecule has 3 aromatic rings. The van der Waals surface area contributed by atoms with Gasteiger partial charge in [0.1, 0.15) is 6.10 Å². The summed E-state index contributed by atoms with van der Waals surface area (Å²) in [6.07, 6.45) is 3.42. The number of carbonyl (C=O) groups is 1. The Morgan fingerprint density at radius 3 is 2.14 bits per heavy atom. The average Bonchev–Trinajstić information content (AvgIpc) is 2.89. The highest BCUT2D eigenvalue weighted by Gasteiger charge is 2.29. The van der Waals surface area contributed by atoms with Crippen molar-refractivity contribution in [2.45, 2.75) is 70.8 Å². The van der Waals surface area contributed by atoms with Crippen LogP contribution in [0.1, 0.15) is 78.9 Å². The molecule has 36 heavy (non-hydrogen) atoms. The van der Waals surface area contributed by atoms with Crippen LogP contribution in [0.4, 0.5) is 17.6 Å². The number of rotatable bonds is 7. The molecule has 1 aliphatic rings. The van der Waals surface area contributed by atoms with Gasteiger partial charge in [0.05, 0.1) is 5.56 Å². The van der Waals surface area contributed by atoms with E-state index in [1.54, 1.807) is 24.3 Å². The van der Waals surface area contributed by atoms with E-state index in [4.69, 9.17) is 4.74 Å². The molecule has 6 heteroatoms. The fourth-order valence-electron chi connectivity index (χ4n) is 4.94. The molecule has 0 heterocycles. The van der Waals surface area contributed by atoms with Gasteiger partial charge in [0, 0.05) is 5.56 Å². The highest BCUT2D eigenvalue weighted by atomic mass is 19.2. The van der Waals surface area contributed by atoms with Crippen LogP contribution in [0.15, 0.2) is 48.5 Å². The first-order valence-electron chi connectivity index (χ1n) is 12.6. The monoisotopic (exact) mass is 498 g/mol. The topological polar surface area (TPSA) is 26.3 Å². The minimum atomic E-state index is -1.24. The molecule has 0 N–H and O–H groups in total. The molecular formula is C30H30F4O2. The van der Waals surface area contributed by atoms with Crippen molar-refractivity contribution >= 4 is 5.97 Å². The van der Waals surface area contributed by atoms with Gasteiger partial charge >= 0.3 is 5.97 Å². The lowest BCUT2D eigenvalue weighted by Crippen LogP contribution is -2.25. The van der Waals surface area contributed by atoms with Gasteiger partial charge in [0.25, 0.3) is 0 Å². The average molecular weight is 499 g/mol. The quantitative estimate of drug-likeness (QED) is 0.242. The number of benzene rings is 3. The lowest BCUT2D eigenvalue weighted by molar-refractivity contribution is 0.0188. The molecule has 2 nitrogen and oxygen atoms in total. The first-order chi connectivity index (χ1) is 17.3. The maximum Gasteiger partial charge on any atom is 0.341 e. The number of aryl methyl sites for hydroxylation is 2. The van der Waals surface area contributed by atoms with Gasteiger partial charge in [-0.1, -0.05) is 62.7 Å². The van der Waals surface area contributed by atoms with Crippen LogP contribution in [-0.2, 0) is 17.6 Å². The highest BCUT2D eigenvalue weighted by molar-refractivity contribution is 5.90. The van der Waals surface area contributed by atoms with Crippen LogP contribution in [0.2, 0.25) is 0 Å². The minimum absolute atomic E-state index is 0.0754. The van der Waals surface area contributed by atoms with E-state index >= 15 is 0 Å². The predicted octanol–water partition coefficient (Wildman–Crippen LogP) is 8.31. The molecule has 0 saturated heterocycles. The second-order valence-electron chi connectivity index (χ2n) is 9.41. The Bertz CT molecular complexity index is 1230. The Hall–Kier alpha value is -3.15. The van der Waals surface area contributed by atoms with Crippen molar-refractivity contribution in [1.82, 2.24) is 0 Å². The fourth-order valence-corrected chi connectivity index (χ4v) is 4.94. The zero-order valence-electron chi connectivity index (χ0n) is 20.6. The Morgan fingerprint density at radius 1 is 0.806 bits per heavy atom. The first-order valence-corrected chi connectivity index (χ1v) is 12.6. The molecule has 1 aliphatic carbocycles. The van der Waals surface area contributed by atoms with Crippen LogP contribution < -0.4 is 0 Å². The van der Waals surface area contributed by atoms with E-state index in [2.05, 4.69) is 0 Å². The molecule has 190 valence electrons. The molecule has 1 saturated carbocycles. The van der Waals surface area contributed by atoms with Gasteiger partial charge in [-0.2, -0.15) is 0 Å². The van der Waals surface area contributed by atoms with E-state index in [-0.39, 0.29) is 11.5 Å². The second-order valence-corrected chi connectivity index (χ2v) is 9.41. The smallest absolute Gasteiger partial charge is 0.341 e. The van der Waals surface area contributed by atoms with Gasteiger partial charge in [-0.15, -0.1) is 0 Å². The Morgan fingerprint density at radius 2 is 1.50 bits per heavy atom.